The van der Waals surface area contributed by atoms with E-state index in [1.165, 1.54) is 6.92 Å². The van der Waals surface area contributed by atoms with Gasteiger partial charge < -0.3 is 0 Å². The average Bonchev–Trinajstić information content (AvgIpc) is 1.88. The van der Waals surface area contributed by atoms with Gasteiger partial charge in [-0.3, -0.25) is 14.5 Å². The zero-order valence-corrected chi connectivity index (χ0v) is 7.18. The van der Waals surface area contributed by atoms with Crippen LogP contribution in [0.15, 0.2) is 12.2 Å². The number of likely N-dealkylation sites (N-methyl/N-ethyl adjacent to an activating group) is 1. The van der Waals surface area contributed by atoms with E-state index < -0.39 is 0 Å². The van der Waals surface area contributed by atoms with Crippen molar-refractivity contribution in [2.24, 2.45) is 0 Å². The lowest BCUT2D eigenvalue weighted by molar-refractivity contribution is -0.140. The van der Waals surface area contributed by atoms with Crippen LogP contribution < -0.4 is 0 Å². The van der Waals surface area contributed by atoms with E-state index in [0.717, 1.165) is 4.90 Å². The highest BCUT2D eigenvalue weighted by atomic mass is 16.2. The predicted molar refractivity (Wildman–Crippen MR) is 42.9 cm³/mol. The van der Waals surface area contributed by atoms with Gasteiger partial charge in [0.15, 0.2) is 0 Å². The molecule has 0 aromatic rings. The Morgan fingerprint density at radius 3 is 1.91 bits per heavy atom. The lowest BCUT2D eigenvalue weighted by Gasteiger charge is -2.15. The van der Waals surface area contributed by atoms with Crippen molar-refractivity contribution in [2.45, 2.75) is 20.8 Å². The number of rotatable bonds is 2. The first kappa shape index (κ1) is 9.88. The van der Waals surface area contributed by atoms with Gasteiger partial charge in [0, 0.05) is 19.0 Å². The van der Waals surface area contributed by atoms with Gasteiger partial charge in [-0.2, -0.15) is 0 Å². The highest BCUT2D eigenvalue weighted by Crippen LogP contribution is 1.98. The Hall–Kier alpha value is -1.12. The zero-order chi connectivity index (χ0) is 9.02. The maximum Gasteiger partial charge on any atom is 0.255 e. The zero-order valence-electron chi connectivity index (χ0n) is 7.18. The molecule has 3 heteroatoms. The Morgan fingerprint density at radius 2 is 1.82 bits per heavy atom. The van der Waals surface area contributed by atoms with Crippen molar-refractivity contribution in [3.8, 4) is 0 Å². The van der Waals surface area contributed by atoms with Crippen LogP contribution in [0.25, 0.3) is 0 Å². The van der Waals surface area contributed by atoms with Gasteiger partial charge in [0.2, 0.25) is 5.91 Å². The van der Waals surface area contributed by atoms with Crippen LogP contribution >= 0.6 is 0 Å². The summed E-state index contributed by atoms with van der Waals surface area (Å²) in [6, 6.07) is 0. The van der Waals surface area contributed by atoms with E-state index in [1.54, 1.807) is 13.8 Å². The van der Waals surface area contributed by atoms with Gasteiger partial charge in [0.25, 0.3) is 5.91 Å². The number of carbonyl (C=O) groups is 2. The van der Waals surface area contributed by atoms with Crippen LogP contribution in [0.2, 0.25) is 0 Å². The van der Waals surface area contributed by atoms with Crippen LogP contribution in [-0.2, 0) is 9.59 Å². The van der Waals surface area contributed by atoms with E-state index in [4.69, 9.17) is 0 Å². The van der Waals surface area contributed by atoms with Crippen LogP contribution in [-0.4, -0.2) is 23.3 Å². The van der Waals surface area contributed by atoms with Crippen LogP contribution in [0.3, 0.4) is 0 Å². The molecule has 0 fully saturated rings. The van der Waals surface area contributed by atoms with Crippen molar-refractivity contribution >= 4 is 11.8 Å². The summed E-state index contributed by atoms with van der Waals surface area (Å²) in [7, 11) is 0. The largest absolute Gasteiger partial charge is 0.279 e. The molecule has 0 saturated carbocycles. The third-order valence-electron chi connectivity index (χ3n) is 1.31. The summed E-state index contributed by atoms with van der Waals surface area (Å²) in [6.07, 6.45) is 0. The smallest absolute Gasteiger partial charge is 0.255 e. The van der Waals surface area contributed by atoms with Crippen LogP contribution in [0.4, 0.5) is 0 Å². The molecule has 0 aromatic heterocycles. The van der Waals surface area contributed by atoms with Gasteiger partial charge in [-0.25, -0.2) is 0 Å². The summed E-state index contributed by atoms with van der Waals surface area (Å²) >= 11 is 0. The maximum atomic E-state index is 11.1. The third kappa shape index (κ3) is 2.53. The molecule has 0 spiro atoms. The number of carbonyl (C=O) groups excluding carboxylic acids is 2. The van der Waals surface area contributed by atoms with E-state index in [0.29, 0.717) is 12.1 Å². The molecule has 0 atom stereocenters. The Kier molecular flexibility index (Phi) is 3.51. The van der Waals surface area contributed by atoms with E-state index >= 15 is 0 Å². The van der Waals surface area contributed by atoms with E-state index in [-0.39, 0.29) is 11.8 Å². The SMILES string of the molecule is C=C(C)C(=O)N(CC)C(C)=O. The molecule has 0 aliphatic carbocycles. The number of hydrogen-bond donors (Lipinski definition) is 0. The van der Waals surface area contributed by atoms with Crippen molar-refractivity contribution in [3.63, 3.8) is 0 Å². The second-order valence-corrected chi connectivity index (χ2v) is 2.35. The Morgan fingerprint density at radius 1 is 1.36 bits per heavy atom. The predicted octanol–water partition coefficient (Wildman–Crippen LogP) is 0.958. The fourth-order valence-electron chi connectivity index (χ4n) is 0.740. The minimum absolute atomic E-state index is 0.236. The standard InChI is InChI=1S/C8H13NO2/c1-5-9(7(4)10)8(11)6(2)3/h2,5H2,1,3-4H3. The average molecular weight is 155 g/mol. The van der Waals surface area contributed by atoms with E-state index in [9.17, 15) is 9.59 Å². The normalized spacial score (nSPS) is 9.00. The minimum atomic E-state index is -0.292. The van der Waals surface area contributed by atoms with Crippen LogP contribution in [0.1, 0.15) is 20.8 Å². The van der Waals surface area contributed by atoms with Crippen molar-refractivity contribution < 1.29 is 9.59 Å². The second kappa shape index (κ2) is 3.91. The summed E-state index contributed by atoms with van der Waals surface area (Å²) in [5.74, 6) is -0.527. The molecule has 0 saturated heterocycles. The van der Waals surface area contributed by atoms with Crippen molar-refractivity contribution in [2.75, 3.05) is 6.54 Å². The lowest BCUT2D eigenvalue weighted by Crippen LogP contribution is -2.35. The van der Waals surface area contributed by atoms with Gasteiger partial charge in [-0.05, 0) is 13.8 Å². The topological polar surface area (TPSA) is 37.4 Å². The summed E-state index contributed by atoms with van der Waals surface area (Å²) < 4.78 is 0. The fourth-order valence-corrected chi connectivity index (χ4v) is 0.740. The third-order valence-corrected chi connectivity index (χ3v) is 1.31. The Bertz CT molecular complexity index is 196. The van der Waals surface area contributed by atoms with Gasteiger partial charge in [-0.1, -0.05) is 6.58 Å². The molecule has 0 bridgehead atoms. The summed E-state index contributed by atoms with van der Waals surface area (Å²) in [5.41, 5.74) is 0.391. The van der Waals surface area contributed by atoms with Crippen LogP contribution in [0.5, 0.6) is 0 Å². The number of imide groups is 1. The molecule has 62 valence electrons. The summed E-state index contributed by atoms with van der Waals surface area (Å²) in [4.78, 5) is 23.1. The number of nitrogens with zero attached hydrogens (tertiary/aromatic N) is 1. The molecular formula is C8H13NO2. The molecule has 0 N–H and O–H groups in total. The molecule has 3 nitrogen and oxygen atoms in total. The molecule has 0 heterocycles. The van der Waals surface area contributed by atoms with E-state index in [1.807, 2.05) is 0 Å². The molecule has 0 aliphatic rings. The molecular weight excluding hydrogens is 142 g/mol. The maximum absolute atomic E-state index is 11.1. The molecule has 0 aliphatic heterocycles. The monoisotopic (exact) mass is 155 g/mol. The molecule has 0 rings (SSSR count). The highest BCUT2D eigenvalue weighted by molar-refractivity contribution is 6.02. The van der Waals surface area contributed by atoms with Gasteiger partial charge in [0.1, 0.15) is 0 Å². The van der Waals surface area contributed by atoms with Crippen LogP contribution in [0, 0.1) is 0 Å². The van der Waals surface area contributed by atoms with E-state index in [2.05, 4.69) is 6.58 Å². The number of hydrogen-bond acceptors (Lipinski definition) is 2. The van der Waals surface area contributed by atoms with Crippen molar-refractivity contribution in [1.82, 2.24) is 4.90 Å². The Balaban J connectivity index is 4.39. The first-order valence-electron chi connectivity index (χ1n) is 3.48. The lowest BCUT2D eigenvalue weighted by atomic mass is 10.3. The molecule has 0 unspecified atom stereocenters. The van der Waals surface area contributed by atoms with Gasteiger partial charge in [0.05, 0.1) is 0 Å². The van der Waals surface area contributed by atoms with Crippen molar-refractivity contribution in [3.05, 3.63) is 12.2 Å². The molecule has 0 aromatic carbocycles. The summed E-state index contributed by atoms with van der Waals surface area (Å²) in [5, 5.41) is 0. The molecule has 11 heavy (non-hydrogen) atoms. The quantitative estimate of drug-likeness (QED) is 0.557. The van der Waals surface area contributed by atoms with Crippen molar-refractivity contribution in [1.29, 1.82) is 0 Å². The second-order valence-electron chi connectivity index (χ2n) is 2.35. The van der Waals surface area contributed by atoms with Gasteiger partial charge >= 0.3 is 0 Å². The Labute approximate surface area is 66.7 Å². The minimum Gasteiger partial charge on any atom is -0.279 e. The molecule has 0 radical (unpaired) electrons. The first-order valence-corrected chi connectivity index (χ1v) is 3.48. The highest BCUT2D eigenvalue weighted by Gasteiger charge is 2.15. The van der Waals surface area contributed by atoms with Gasteiger partial charge in [-0.15, -0.1) is 0 Å². The summed E-state index contributed by atoms with van der Waals surface area (Å²) in [6.45, 7) is 8.58. The number of amides is 2. The molecule has 2 amide bonds. The first-order chi connectivity index (χ1) is 5.00. The fraction of sp³-hybridized carbons (Fsp3) is 0.500.